The molecule has 1 aliphatic carbocycles. The lowest BCUT2D eigenvalue weighted by atomic mass is 9.64. The predicted molar refractivity (Wildman–Crippen MR) is 97.7 cm³/mol. The zero-order valence-electron chi connectivity index (χ0n) is 15.7. The molecule has 1 saturated carbocycles. The predicted octanol–water partition coefficient (Wildman–Crippen LogP) is 2.56. The summed E-state index contributed by atoms with van der Waals surface area (Å²) in [5.74, 6) is 0.776. The number of carbonyl (C=O) groups is 2. The van der Waals surface area contributed by atoms with Crippen molar-refractivity contribution in [1.29, 1.82) is 0 Å². The van der Waals surface area contributed by atoms with Crippen LogP contribution in [0.4, 0.5) is 4.79 Å². The summed E-state index contributed by atoms with van der Waals surface area (Å²) in [7, 11) is 0. The molecule has 3 atom stereocenters. The molecule has 142 valence electrons. The summed E-state index contributed by atoms with van der Waals surface area (Å²) in [6.45, 7) is 6.35. The minimum absolute atomic E-state index is 0.00828. The number of nitrogens with one attached hydrogen (secondary N) is 1. The largest absolute Gasteiger partial charge is 0.491 e. The van der Waals surface area contributed by atoms with Gasteiger partial charge >= 0.3 is 6.03 Å². The summed E-state index contributed by atoms with van der Waals surface area (Å²) in [6, 6.07) is 8.73. The van der Waals surface area contributed by atoms with E-state index in [9.17, 15) is 14.7 Å². The quantitative estimate of drug-likeness (QED) is 0.791. The molecular formula is C20H28N2O4. The molecule has 1 heterocycles. The number of nitrogens with zero attached hydrogens (tertiary/aromatic N) is 1. The number of rotatable bonds is 5. The van der Waals surface area contributed by atoms with Gasteiger partial charge in [-0.1, -0.05) is 39.0 Å². The van der Waals surface area contributed by atoms with Crippen molar-refractivity contribution in [1.82, 2.24) is 10.2 Å². The third-order valence-electron chi connectivity index (χ3n) is 5.20. The molecule has 3 amide bonds. The summed E-state index contributed by atoms with van der Waals surface area (Å²) in [4.78, 5) is 26.6. The molecule has 0 aromatic heterocycles. The maximum absolute atomic E-state index is 13.0. The van der Waals surface area contributed by atoms with Crippen molar-refractivity contribution in [3.63, 3.8) is 0 Å². The number of ether oxygens (including phenoxy) is 1. The molecule has 26 heavy (non-hydrogen) atoms. The first-order valence-corrected chi connectivity index (χ1v) is 9.21. The van der Waals surface area contributed by atoms with Gasteiger partial charge in [-0.05, 0) is 42.7 Å². The van der Waals surface area contributed by atoms with Crippen LogP contribution in [0.3, 0.4) is 0 Å². The van der Waals surface area contributed by atoms with Crippen LogP contribution in [0, 0.1) is 11.3 Å². The Labute approximate surface area is 154 Å². The van der Waals surface area contributed by atoms with E-state index in [1.54, 1.807) is 12.1 Å². The standard InChI is InChI=1S/C20H28N2O4/c1-14-9-19(2,3)13-20(10-14)17(24)22(18(25)21-20)11-15(23)12-26-16-7-5-4-6-8-16/h4-8,14-15,23H,9-13H2,1-3H3,(H,21,25)/t14-,15+,20-/m1/s1. The van der Waals surface area contributed by atoms with Gasteiger partial charge < -0.3 is 15.2 Å². The van der Waals surface area contributed by atoms with Crippen LogP contribution in [-0.4, -0.2) is 46.7 Å². The Bertz CT molecular complexity index is 676. The molecule has 2 fully saturated rings. The molecule has 1 saturated heterocycles. The molecule has 6 heteroatoms. The van der Waals surface area contributed by atoms with E-state index in [0.29, 0.717) is 24.5 Å². The average Bonchev–Trinajstić information content (AvgIpc) is 2.75. The molecule has 1 aliphatic heterocycles. The lowest BCUT2D eigenvalue weighted by Crippen LogP contribution is -2.54. The number of para-hydroxylation sites is 1. The lowest BCUT2D eigenvalue weighted by Gasteiger charge is -2.43. The van der Waals surface area contributed by atoms with E-state index in [2.05, 4.69) is 26.1 Å². The van der Waals surface area contributed by atoms with Crippen LogP contribution in [0.2, 0.25) is 0 Å². The summed E-state index contributed by atoms with van der Waals surface area (Å²) < 4.78 is 5.52. The molecule has 0 radical (unpaired) electrons. The monoisotopic (exact) mass is 360 g/mol. The maximum Gasteiger partial charge on any atom is 0.325 e. The van der Waals surface area contributed by atoms with Crippen molar-refractivity contribution in [2.75, 3.05) is 13.2 Å². The summed E-state index contributed by atoms with van der Waals surface area (Å²) in [6.07, 6.45) is 1.37. The zero-order chi connectivity index (χ0) is 18.9. The van der Waals surface area contributed by atoms with Crippen molar-refractivity contribution in [3.8, 4) is 5.75 Å². The Morgan fingerprint density at radius 1 is 1.27 bits per heavy atom. The molecule has 2 aliphatic rings. The third-order valence-corrected chi connectivity index (χ3v) is 5.20. The number of aliphatic hydroxyl groups excluding tert-OH is 1. The van der Waals surface area contributed by atoms with E-state index in [1.165, 1.54) is 0 Å². The number of β-amino-alcohol motifs (C(OH)–C–C–N with tert-alkyl or cyclic N) is 1. The molecule has 2 N–H and O–H groups in total. The fourth-order valence-corrected chi connectivity index (χ4v) is 4.64. The Kier molecular flexibility index (Phi) is 4.97. The van der Waals surface area contributed by atoms with Crippen molar-refractivity contribution < 1.29 is 19.4 Å². The number of benzene rings is 1. The molecule has 0 bridgehead atoms. The van der Waals surface area contributed by atoms with Crippen molar-refractivity contribution in [2.45, 2.75) is 51.7 Å². The van der Waals surface area contributed by atoms with Crippen LogP contribution in [0.25, 0.3) is 0 Å². The highest BCUT2D eigenvalue weighted by molar-refractivity contribution is 6.07. The number of hydrogen-bond acceptors (Lipinski definition) is 4. The SMILES string of the molecule is C[C@@H]1CC(C)(C)C[C@@]2(C1)NC(=O)N(C[C@H](O)COc1ccccc1)C2=O. The smallest absolute Gasteiger partial charge is 0.325 e. The number of aliphatic hydroxyl groups is 1. The average molecular weight is 360 g/mol. The van der Waals surface area contributed by atoms with Crippen molar-refractivity contribution >= 4 is 11.9 Å². The summed E-state index contributed by atoms with van der Waals surface area (Å²) in [5, 5.41) is 13.2. The molecule has 1 spiro atoms. The van der Waals surface area contributed by atoms with E-state index in [4.69, 9.17) is 4.74 Å². The van der Waals surface area contributed by atoms with Crippen molar-refractivity contribution in [3.05, 3.63) is 30.3 Å². The van der Waals surface area contributed by atoms with Gasteiger partial charge in [-0.15, -0.1) is 0 Å². The second kappa shape index (κ2) is 6.91. The van der Waals surface area contributed by atoms with Crippen LogP contribution in [0.15, 0.2) is 30.3 Å². The number of hydrogen-bond donors (Lipinski definition) is 2. The van der Waals surface area contributed by atoms with Crippen LogP contribution in [0.5, 0.6) is 5.75 Å². The first-order chi connectivity index (χ1) is 12.2. The highest BCUT2D eigenvalue weighted by Crippen LogP contribution is 2.46. The van der Waals surface area contributed by atoms with E-state index >= 15 is 0 Å². The van der Waals surface area contributed by atoms with Gasteiger partial charge in [-0.2, -0.15) is 0 Å². The Morgan fingerprint density at radius 3 is 2.62 bits per heavy atom. The van der Waals surface area contributed by atoms with Crippen LogP contribution in [0.1, 0.15) is 40.0 Å². The van der Waals surface area contributed by atoms with Gasteiger partial charge in [0.1, 0.15) is 24.0 Å². The molecule has 1 aromatic carbocycles. The number of imide groups is 1. The van der Waals surface area contributed by atoms with Crippen LogP contribution in [-0.2, 0) is 4.79 Å². The fraction of sp³-hybridized carbons (Fsp3) is 0.600. The minimum Gasteiger partial charge on any atom is -0.491 e. The van der Waals surface area contributed by atoms with Crippen LogP contribution >= 0.6 is 0 Å². The Morgan fingerprint density at radius 2 is 1.96 bits per heavy atom. The van der Waals surface area contributed by atoms with Gasteiger partial charge in [0.05, 0.1) is 6.54 Å². The topological polar surface area (TPSA) is 78.9 Å². The first-order valence-electron chi connectivity index (χ1n) is 9.21. The lowest BCUT2D eigenvalue weighted by molar-refractivity contribution is -0.135. The van der Waals surface area contributed by atoms with Gasteiger partial charge in [0, 0.05) is 0 Å². The molecule has 6 nitrogen and oxygen atoms in total. The van der Waals surface area contributed by atoms with Gasteiger partial charge in [0.25, 0.3) is 5.91 Å². The van der Waals surface area contributed by atoms with Gasteiger partial charge in [-0.3, -0.25) is 9.69 Å². The maximum atomic E-state index is 13.0. The van der Waals surface area contributed by atoms with E-state index in [0.717, 1.165) is 11.3 Å². The van der Waals surface area contributed by atoms with E-state index < -0.39 is 17.7 Å². The second-order valence-corrected chi connectivity index (χ2v) is 8.56. The Hall–Kier alpha value is -2.08. The molecule has 0 unspecified atom stereocenters. The highest BCUT2D eigenvalue weighted by atomic mass is 16.5. The summed E-state index contributed by atoms with van der Waals surface area (Å²) >= 11 is 0. The minimum atomic E-state index is -0.936. The van der Waals surface area contributed by atoms with Gasteiger partial charge in [0.2, 0.25) is 0 Å². The zero-order valence-corrected chi connectivity index (χ0v) is 15.7. The normalized spacial score (nSPS) is 28.9. The second-order valence-electron chi connectivity index (χ2n) is 8.56. The Balaban J connectivity index is 1.63. The van der Waals surface area contributed by atoms with E-state index in [-0.39, 0.29) is 24.5 Å². The van der Waals surface area contributed by atoms with Gasteiger partial charge in [-0.25, -0.2) is 4.79 Å². The summed E-state index contributed by atoms with van der Waals surface area (Å²) in [5.41, 5.74) is -0.843. The number of amides is 3. The number of urea groups is 1. The molecule has 3 rings (SSSR count). The van der Waals surface area contributed by atoms with Crippen LogP contribution < -0.4 is 10.1 Å². The third kappa shape index (κ3) is 3.85. The number of carbonyl (C=O) groups excluding carboxylic acids is 2. The first kappa shape index (κ1) is 18.7. The highest BCUT2D eigenvalue weighted by Gasteiger charge is 2.56. The molecule has 1 aromatic rings. The van der Waals surface area contributed by atoms with Crippen molar-refractivity contribution in [2.24, 2.45) is 11.3 Å². The molecular weight excluding hydrogens is 332 g/mol. The van der Waals surface area contributed by atoms with E-state index in [1.807, 2.05) is 18.2 Å². The van der Waals surface area contributed by atoms with Gasteiger partial charge in [0.15, 0.2) is 0 Å². The fourth-order valence-electron chi connectivity index (χ4n) is 4.64.